The number of aliphatic hydroxyl groups is 1. The molecule has 0 amide bonds. The molecule has 1 unspecified atom stereocenters. The Hall–Kier alpha value is -1.22. The molecule has 1 rings (SSSR count). The Bertz CT molecular complexity index is 334. The van der Waals surface area contributed by atoms with Crippen LogP contribution < -0.4 is 9.47 Å². The van der Waals surface area contributed by atoms with Gasteiger partial charge in [-0.15, -0.1) is 0 Å². The maximum atomic E-state index is 9.14. The first-order valence-electron chi connectivity index (χ1n) is 4.97. The molecule has 1 aromatic carbocycles. The van der Waals surface area contributed by atoms with Crippen molar-refractivity contribution in [2.75, 3.05) is 20.8 Å². The van der Waals surface area contributed by atoms with Crippen molar-refractivity contribution in [2.45, 2.75) is 19.8 Å². The average molecular weight is 210 g/mol. The zero-order valence-electron chi connectivity index (χ0n) is 9.70. The fourth-order valence-electron chi connectivity index (χ4n) is 1.57. The number of methoxy groups -OCH3 is 2. The van der Waals surface area contributed by atoms with Crippen molar-refractivity contribution < 1.29 is 14.6 Å². The molecule has 1 aromatic rings. The number of aliphatic hydroxyl groups excluding tert-OH is 1. The smallest absolute Gasteiger partial charge is 0.126 e. The first kappa shape index (κ1) is 11.9. The summed E-state index contributed by atoms with van der Waals surface area (Å²) in [7, 11) is 3.26. The zero-order valence-corrected chi connectivity index (χ0v) is 9.70. The minimum Gasteiger partial charge on any atom is -0.496 e. The minimum atomic E-state index is 0.0737. The van der Waals surface area contributed by atoms with E-state index >= 15 is 0 Å². The van der Waals surface area contributed by atoms with E-state index in [-0.39, 0.29) is 12.5 Å². The largest absolute Gasteiger partial charge is 0.496 e. The number of benzene rings is 1. The molecule has 0 aliphatic heterocycles. The lowest BCUT2D eigenvalue weighted by Crippen LogP contribution is -2.03. The van der Waals surface area contributed by atoms with Crippen molar-refractivity contribution in [1.29, 1.82) is 0 Å². The Morgan fingerprint density at radius 2 is 1.80 bits per heavy atom. The maximum absolute atomic E-state index is 9.14. The fraction of sp³-hybridized carbons (Fsp3) is 0.500. The molecule has 3 heteroatoms. The second kappa shape index (κ2) is 5.03. The maximum Gasteiger partial charge on any atom is 0.126 e. The van der Waals surface area contributed by atoms with E-state index in [1.54, 1.807) is 14.2 Å². The van der Waals surface area contributed by atoms with Crippen LogP contribution in [0, 0.1) is 6.92 Å². The van der Waals surface area contributed by atoms with E-state index in [9.17, 15) is 0 Å². The van der Waals surface area contributed by atoms with Crippen LogP contribution in [0.1, 0.15) is 24.0 Å². The monoisotopic (exact) mass is 210 g/mol. The van der Waals surface area contributed by atoms with Gasteiger partial charge in [-0.1, -0.05) is 6.92 Å². The first-order chi connectivity index (χ1) is 7.13. The molecule has 0 saturated carbocycles. The molecule has 0 bridgehead atoms. The van der Waals surface area contributed by atoms with Crippen LogP contribution in [0.2, 0.25) is 0 Å². The lowest BCUT2D eigenvalue weighted by molar-refractivity contribution is 0.269. The molecule has 0 aliphatic rings. The molecule has 0 spiro atoms. The van der Waals surface area contributed by atoms with Crippen LogP contribution >= 0.6 is 0 Å². The van der Waals surface area contributed by atoms with Gasteiger partial charge in [0.05, 0.1) is 14.2 Å². The van der Waals surface area contributed by atoms with Crippen LogP contribution in [0.4, 0.5) is 0 Å². The van der Waals surface area contributed by atoms with Gasteiger partial charge in [-0.3, -0.25) is 0 Å². The molecule has 84 valence electrons. The Labute approximate surface area is 90.6 Å². The summed E-state index contributed by atoms with van der Waals surface area (Å²) < 4.78 is 10.5. The summed E-state index contributed by atoms with van der Waals surface area (Å²) in [6.45, 7) is 4.05. The van der Waals surface area contributed by atoms with Crippen molar-refractivity contribution in [3.63, 3.8) is 0 Å². The van der Waals surface area contributed by atoms with E-state index in [4.69, 9.17) is 14.6 Å². The third kappa shape index (κ3) is 2.42. The molecule has 0 aliphatic carbocycles. The first-order valence-corrected chi connectivity index (χ1v) is 4.97. The van der Waals surface area contributed by atoms with Crippen LogP contribution in [0.5, 0.6) is 11.5 Å². The highest BCUT2D eigenvalue weighted by Gasteiger charge is 2.13. The highest BCUT2D eigenvalue weighted by Crippen LogP contribution is 2.32. The summed E-state index contributed by atoms with van der Waals surface area (Å²) in [4.78, 5) is 0. The third-order valence-electron chi connectivity index (χ3n) is 2.55. The Morgan fingerprint density at radius 1 is 1.20 bits per heavy atom. The second-order valence-corrected chi connectivity index (χ2v) is 3.65. The highest BCUT2D eigenvalue weighted by atomic mass is 16.5. The molecule has 0 radical (unpaired) electrons. The molecule has 0 aromatic heterocycles. The van der Waals surface area contributed by atoms with E-state index in [0.717, 1.165) is 22.6 Å². The van der Waals surface area contributed by atoms with Crippen molar-refractivity contribution >= 4 is 0 Å². The average Bonchev–Trinajstić information content (AvgIpc) is 2.27. The Kier molecular flexibility index (Phi) is 3.97. The highest BCUT2D eigenvalue weighted by molar-refractivity contribution is 5.47. The topological polar surface area (TPSA) is 38.7 Å². The predicted octanol–water partition coefficient (Wildman–Crippen LogP) is 2.11. The summed E-state index contributed by atoms with van der Waals surface area (Å²) in [5, 5.41) is 9.14. The van der Waals surface area contributed by atoms with E-state index in [2.05, 4.69) is 0 Å². The lowest BCUT2D eigenvalue weighted by atomic mass is 9.98. The molecule has 3 nitrogen and oxygen atoms in total. The molecular weight excluding hydrogens is 192 g/mol. The third-order valence-corrected chi connectivity index (χ3v) is 2.55. The predicted molar refractivity (Wildman–Crippen MR) is 59.8 cm³/mol. The van der Waals surface area contributed by atoms with Gasteiger partial charge < -0.3 is 14.6 Å². The van der Waals surface area contributed by atoms with Gasteiger partial charge in [-0.25, -0.2) is 0 Å². The van der Waals surface area contributed by atoms with E-state index in [1.165, 1.54) is 0 Å². The van der Waals surface area contributed by atoms with Crippen LogP contribution in [-0.2, 0) is 0 Å². The van der Waals surface area contributed by atoms with E-state index in [1.807, 2.05) is 26.0 Å². The second-order valence-electron chi connectivity index (χ2n) is 3.65. The van der Waals surface area contributed by atoms with Gasteiger partial charge in [0, 0.05) is 18.6 Å². The molecule has 0 fully saturated rings. The molecule has 0 heterocycles. The van der Waals surface area contributed by atoms with Crippen molar-refractivity contribution in [1.82, 2.24) is 0 Å². The number of hydrogen-bond donors (Lipinski definition) is 1. The molecule has 15 heavy (non-hydrogen) atoms. The van der Waals surface area contributed by atoms with Crippen LogP contribution in [0.25, 0.3) is 0 Å². The van der Waals surface area contributed by atoms with Crippen LogP contribution in [0.15, 0.2) is 12.1 Å². The quantitative estimate of drug-likeness (QED) is 0.827. The van der Waals surface area contributed by atoms with Crippen LogP contribution in [0.3, 0.4) is 0 Å². The summed E-state index contributed by atoms with van der Waals surface area (Å²) in [5.74, 6) is 1.64. The molecule has 1 atom stereocenters. The van der Waals surface area contributed by atoms with Crippen molar-refractivity contribution in [3.05, 3.63) is 23.3 Å². The summed E-state index contributed by atoms with van der Waals surface area (Å²) in [5.41, 5.74) is 2.06. The number of rotatable bonds is 4. The fourth-order valence-corrected chi connectivity index (χ4v) is 1.57. The Morgan fingerprint density at radius 3 is 2.27 bits per heavy atom. The number of aryl methyl sites for hydroxylation is 1. The van der Waals surface area contributed by atoms with E-state index in [0.29, 0.717) is 0 Å². The lowest BCUT2D eigenvalue weighted by Gasteiger charge is -2.16. The van der Waals surface area contributed by atoms with Gasteiger partial charge in [-0.2, -0.15) is 0 Å². The molecule has 0 saturated heterocycles. The SMILES string of the molecule is COc1cc(OC)c(C(C)CO)cc1C. The van der Waals surface area contributed by atoms with Gasteiger partial charge in [0.1, 0.15) is 11.5 Å². The van der Waals surface area contributed by atoms with Crippen molar-refractivity contribution in [3.8, 4) is 11.5 Å². The minimum absolute atomic E-state index is 0.0737. The van der Waals surface area contributed by atoms with Crippen LogP contribution in [-0.4, -0.2) is 25.9 Å². The van der Waals surface area contributed by atoms with Gasteiger partial charge in [-0.05, 0) is 24.1 Å². The number of ether oxygens (including phenoxy) is 2. The number of hydrogen-bond acceptors (Lipinski definition) is 3. The summed E-state index contributed by atoms with van der Waals surface area (Å²) >= 11 is 0. The van der Waals surface area contributed by atoms with Gasteiger partial charge in [0.2, 0.25) is 0 Å². The van der Waals surface area contributed by atoms with Gasteiger partial charge in [0.25, 0.3) is 0 Å². The van der Waals surface area contributed by atoms with Crippen molar-refractivity contribution in [2.24, 2.45) is 0 Å². The summed E-state index contributed by atoms with van der Waals surface area (Å²) in [6.07, 6.45) is 0. The Balaban J connectivity index is 3.21. The van der Waals surface area contributed by atoms with E-state index < -0.39 is 0 Å². The standard InChI is InChI=1S/C12H18O3/c1-8-5-10(9(2)7-13)12(15-4)6-11(8)14-3/h5-6,9,13H,7H2,1-4H3. The molecule has 1 N–H and O–H groups in total. The zero-order chi connectivity index (χ0) is 11.4. The molecular formula is C12H18O3. The normalized spacial score (nSPS) is 12.3. The summed E-state index contributed by atoms with van der Waals surface area (Å²) in [6, 6.07) is 3.86. The van der Waals surface area contributed by atoms with Gasteiger partial charge in [0.15, 0.2) is 0 Å². The van der Waals surface area contributed by atoms with Gasteiger partial charge >= 0.3 is 0 Å².